The van der Waals surface area contributed by atoms with Crippen LogP contribution >= 0.6 is 11.8 Å². The van der Waals surface area contributed by atoms with Gasteiger partial charge in [0.15, 0.2) is 0 Å². The molecule has 17 heavy (non-hydrogen) atoms. The van der Waals surface area contributed by atoms with Crippen molar-refractivity contribution in [1.29, 1.82) is 0 Å². The van der Waals surface area contributed by atoms with Crippen LogP contribution in [0.1, 0.15) is 26.7 Å². The van der Waals surface area contributed by atoms with Crippen molar-refractivity contribution >= 4 is 18.0 Å². The summed E-state index contributed by atoms with van der Waals surface area (Å²) >= 11 is 2.03. The number of thioether (sulfide) groups is 1. The Hall–Kier alpha value is -0.0600. The molecule has 98 valence electrons. The van der Waals surface area contributed by atoms with Crippen LogP contribution in [0.5, 0.6) is 0 Å². The van der Waals surface area contributed by atoms with Crippen molar-refractivity contribution in [3.05, 3.63) is 0 Å². The van der Waals surface area contributed by atoms with Gasteiger partial charge in [-0.2, -0.15) is 11.8 Å². The van der Waals surface area contributed by atoms with Crippen molar-refractivity contribution in [2.45, 2.75) is 31.4 Å². The molecular formula is C13H23NO2S. The Morgan fingerprint density at radius 3 is 2.88 bits per heavy atom. The van der Waals surface area contributed by atoms with Crippen molar-refractivity contribution in [2.75, 3.05) is 38.6 Å². The molecule has 0 N–H and O–H groups in total. The molecule has 2 heterocycles. The predicted octanol–water partition coefficient (Wildman–Crippen LogP) is 1.81. The average molecular weight is 257 g/mol. The van der Waals surface area contributed by atoms with E-state index < -0.39 is 0 Å². The Morgan fingerprint density at radius 2 is 2.29 bits per heavy atom. The summed E-state index contributed by atoms with van der Waals surface area (Å²) < 4.78 is 5.82. The van der Waals surface area contributed by atoms with Crippen LogP contribution in [0.25, 0.3) is 0 Å². The first-order valence-corrected chi connectivity index (χ1v) is 7.44. The van der Waals surface area contributed by atoms with Crippen LogP contribution < -0.4 is 0 Å². The summed E-state index contributed by atoms with van der Waals surface area (Å²) in [5.74, 6) is 1.17. The fourth-order valence-corrected chi connectivity index (χ4v) is 4.00. The highest BCUT2D eigenvalue weighted by Crippen LogP contribution is 2.33. The van der Waals surface area contributed by atoms with Gasteiger partial charge in [0.05, 0.1) is 12.0 Å². The van der Waals surface area contributed by atoms with Crippen LogP contribution in [0.4, 0.5) is 0 Å². The third kappa shape index (κ3) is 3.46. The highest BCUT2D eigenvalue weighted by Gasteiger charge is 2.37. The summed E-state index contributed by atoms with van der Waals surface area (Å²) in [5.41, 5.74) is -0.240. The average Bonchev–Trinajstić information content (AvgIpc) is 2.29. The molecule has 0 aliphatic carbocycles. The standard InChI is InChI=1S/C13H23NO2S/c1-12(2)8-14(5-7-17-12)9-13(10-15)4-3-6-16-11-13/h10H,3-9,11H2,1-2H3. The zero-order valence-corrected chi connectivity index (χ0v) is 11.7. The molecule has 0 radical (unpaired) electrons. The van der Waals surface area contributed by atoms with Gasteiger partial charge in [-0.15, -0.1) is 0 Å². The Labute approximate surface area is 108 Å². The molecule has 3 nitrogen and oxygen atoms in total. The lowest BCUT2D eigenvalue weighted by atomic mass is 9.83. The van der Waals surface area contributed by atoms with Crippen LogP contribution in [-0.2, 0) is 9.53 Å². The number of aldehydes is 1. The molecule has 2 fully saturated rings. The third-order valence-electron chi connectivity index (χ3n) is 3.65. The molecule has 0 saturated carbocycles. The van der Waals surface area contributed by atoms with E-state index in [0.29, 0.717) is 11.4 Å². The smallest absolute Gasteiger partial charge is 0.129 e. The molecule has 0 aromatic carbocycles. The van der Waals surface area contributed by atoms with E-state index in [0.717, 1.165) is 45.4 Å². The maximum Gasteiger partial charge on any atom is 0.129 e. The fraction of sp³-hybridized carbons (Fsp3) is 0.923. The molecular weight excluding hydrogens is 234 g/mol. The van der Waals surface area contributed by atoms with Crippen LogP contribution in [-0.4, -0.2) is 54.5 Å². The number of carbonyl (C=O) groups is 1. The first-order valence-electron chi connectivity index (χ1n) is 6.46. The Kier molecular flexibility index (Phi) is 4.16. The van der Waals surface area contributed by atoms with E-state index in [4.69, 9.17) is 4.74 Å². The van der Waals surface area contributed by atoms with Gasteiger partial charge >= 0.3 is 0 Å². The maximum absolute atomic E-state index is 11.4. The van der Waals surface area contributed by atoms with Crippen LogP contribution in [0.3, 0.4) is 0 Å². The molecule has 0 aromatic rings. The first kappa shape index (κ1) is 13.4. The summed E-state index contributed by atoms with van der Waals surface area (Å²) in [6.07, 6.45) is 3.15. The van der Waals surface area contributed by atoms with Crippen molar-refractivity contribution in [1.82, 2.24) is 4.90 Å². The van der Waals surface area contributed by atoms with Crippen LogP contribution in [0.15, 0.2) is 0 Å². The minimum atomic E-state index is -0.240. The minimum Gasteiger partial charge on any atom is -0.380 e. The first-order chi connectivity index (χ1) is 8.05. The normalized spacial score (nSPS) is 34.5. The number of hydrogen-bond acceptors (Lipinski definition) is 4. The van der Waals surface area contributed by atoms with Gasteiger partial charge in [0.1, 0.15) is 6.29 Å². The van der Waals surface area contributed by atoms with Crippen molar-refractivity contribution in [2.24, 2.45) is 5.41 Å². The van der Waals surface area contributed by atoms with Gasteiger partial charge in [0.2, 0.25) is 0 Å². The van der Waals surface area contributed by atoms with E-state index in [1.807, 2.05) is 11.8 Å². The molecule has 4 heteroatoms. The summed E-state index contributed by atoms with van der Waals surface area (Å²) in [7, 11) is 0. The summed E-state index contributed by atoms with van der Waals surface area (Å²) in [5, 5.41) is 0. The Morgan fingerprint density at radius 1 is 1.47 bits per heavy atom. The molecule has 0 spiro atoms. The molecule has 2 saturated heterocycles. The largest absolute Gasteiger partial charge is 0.380 e. The lowest BCUT2D eigenvalue weighted by molar-refractivity contribution is -0.125. The van der Waals surface area contributed by atoms with Gasteiger partial charge in [-0.1, -0.05) is 0 Å². The Bertz CT molecular complexity index is 275. The van der Waals surface area contributed by atoms with Crippen LogP contribution in [0, 0.1) is 5.41 Å². The monoisotopic (exact) mass is 257 g/mol. The summed E-state index contributed by atoms with van der Waals surface area (Å²) in [4.78, 5) is 13.8. The minimum absolute atomic E-state index is 0.240. The second kappa shape index (κ2) is 5.29. The molecule has 2 aliphatic rings. The molecule has 0 aromatic heterocycles. The lowest BCUT2D eigenvalue weighted by Crippen LogP contribution is -2.50. The highest BCUT2D eigenvalue weighted by atomic mass is 32.2. The molecule has 0 amide bonds. The number of hydrogen-bond donors (Lipinski definition) is 0. The second-order valence-corrected chi connectivity index (χ2v) is 7.76. The van der Waals surface area contributed by atoms with E-state index in [-0.39, 0.29) is 5.41 Å². The van der Waals surface area contributed by atoms with E-state index in [2.05, 4.69) is 18.7 Å². The zero-order valence-electron chi connectivity index (χ0n) is 10.9. The number of carbonyl (C=O) groups excluding carboxylic acids is 1. The van der Waals surface area contributed by atoms with Gasteiger partial charge in [-0.05, 0) is 26.7 Å². The molecule has 2 rings (SSSR count). The fourth-order valence-electron chi connectivity index (χ4n) is 2.82. The molecule has 1 atom stereocenters. The third-order valence-corrected chi connectivity index (χ3v) is 4.94. The lowest BCUT2D eigenvalue weighted by Gasteiger charge is -2.42. The van der Waals surface area contributed by atoms with E-state index >= 15 is 0 Å². The number of rotatable bonds is 3. The zero-order chi connectivity index (χ0) is 12.4. The molecule has 2 aliphatic heterocycles. The van der Waals surface area contributed by atoms with Gasteiger partial charge in [0.25, 0.3) is 0 Å². The topological polar surface area (TPSA) is 29.5 Å². The van der Waals surface area contributed by atoms with Crippen molar-refractivity contribution in [3.63, 3.8) is 0 Å². The van der Waals surface area contributed by atoms with E-state index in [9.17, 15) is 4.79 Å². The SMILES string of the molecule is CC1(C)CN(CC2(C=O)CCCOC2)CCS1. The Balaban J connectivity index is 1.96. The van der Waals surface area contributed by atoms with Gasteiger partial charge in [-0.25, -0.2) is 0 Å². The number of ether oxygens (including phenoxy) is 1. The van der Waals surface area contributed by atoms with E-state index in [1.54, 1.807) is 0 Å². The van der Waals surface area contributed by atoms with Gasteiger partial charge in [0, 0.05) is 36.7 Å². The quantitative estimate of drug-likeness (QED) is 0.721. The van der Waals surface area contributed by atoms with E-state index in [1.165, 1.54) is 5.75 Å². The van der Waals surface area contributed by atoms with Crippen LogP contribution in [0.2, 0.25) is 0 Å². The van der Waals surface area contributed by atoms with Gasteiger partial charge < -0.3 is 14.4 Å². The predicted molar refractivity (Wildman–Crippen MR) is 71.5 cm³/mol. The maximum atomic E-state index is 11.4. The summed E-state index contributed by atoms with van der Waals surface area (Å²) in [6.45, 7) is 9.05. The van der Waals surface area contributed by atoms with Gasteiger partial charge in [-0.3, -0.25) is 0 Å². The van der Waals surface area contributed by atoms with Crippen molar-refractivity contribution < 1.29 is 9.53 Å². The molecule has 0 bridgehead atoms. The second-order valence-electron chi connectivity index (χ2n) is 5.96. The van der Waals surface area contributed by atoms with Crippen molar-refractivity contribution in [3.8, 4) is 0 Å². The number of nitrogens with zero attached hydrogens (tertiary/aromatic N) is 1. The summed E-state index contributed by atoms with van der Waals surface area (Å²) in [6, 6.07) is 0. The highest BCUT2D eigenvalue weighted by molar-refractivity contribution is 8.00. The molecule has 1 unspecified atom stereocenters.